The van der Waals surface area contributed by atoms with E-state index in [0.717, 1.165) is 61.3 Å². The third-order valence-electron chi connectivity index (χ3n) is 13.4. The molecular weight excluding hydrogens is 813 g/mol. The number of hydrogen-bond acceptors (Lipinski definition) is 2. The van der Waals surface area contributed by atoms with E-state index in [9.17, 15) is 0 Å². The summed E-state index contributed by atoms with van der Waals surface area (Å²) in [5, 5.41) is 7.24. The fourth-order valence-electron chi connectivity index (χ4n) is 10.1. The zero-order chi connectivity index (χ0) is 44.3. The van der Waals surface area contributed by atoms with E-state index in [1.807, 2.05) is 12.1 Å². The summed E-state index contributed by atoms with van der Waals surface area (Å²) in [4.78, 5) is 2.35. The molecule has 0 N–H and O–H groups in total. The zero-order valence-corrected chi connectivity index (χ0v) is 36.6. The summed E-state index contributed by atoms with van der Waals surface area (Å²) in [6.45, 7) is 0. The van der Waals surface area contributed by atoms with Gasteiger partial charge in [0.1, 0.15) is 11.2 Å². The lowest BCUT2D eigenvalue weighted by molar-refractivity contribution is 0.670. The third-order valence-corrected chi connectivity index (χ3v) is 13.4. The molecule has 0 saturated carbocycles. The number of benzene rings is 11. The quantitative estimate of drug-likeness (QED) is 0.152. The molecule has 0 atom stereocenters. The Labute approximate surface area is 388 Å². The highest BCUT2D eigenvalue weighted by molar-refractivity contribution is 6.11. The van der Waals surface area contributed by atoms with Crippen LogP contribution in [0.3, 0.4) is 0 Å². The van der Waals surface area contributed by atoms with Crippen molar-refractivity contribution in [1.29, 1.82) is 0 Å². The number of aromatic nitrogens is 1. The van der Waals surface area contributed by atoms with Gasteiger partial charge < -0.3 is 13.9 Å². The fourth-order valence-corrected chi connectivity index (χ4v) is 10.1. The molecule has 0 bridgehead atoms. The highest BCUT2D eigenvalue weighted by atomic mass is 16.3. The van der Waals surface area contributed by atoms with E-state index in [1.54, 1.807) is 0 Å². The van der Waals surface area contributed by atoms with Crippen molar-refractivity contribution < 1.29 is 4.42 Å². The second-order valence-electron chi connectivity index (χ2n) is 17.3. The fraction of sp³-hybridized carbons (Fsp3) is 0. The van der Waals surface area contributed by atoms with Crippen molar-refractivity contribution in [2.45, 2.75) is 0 Å². The first kappa shape index (κ1) is 38.5. The summed E-state index contributed by atoms with van der Waals surface area (Å²) >= 11 is 0. The molecule has 0 saturated heterocycles. The van der Waals surface area contributed by atoms with Gasteiger partial charge in [-0.2, -0.15) is 0 Å². The zero-order valence-electron chi connectivity index (χ0n) is 36.6. The Morgan fingerprint density at radius 2 is 0.746 bits per heavy atom. The second-order valence-corrected chi connectivity index (χ2v) is 17.3. The van der Waals surface area contributed by atoms with Crippen molar-refractivity contribution in [2.75, 3.05) is 4.90 Å². The van der Waals surface area contributed by atoms with Gasteiger partial charge in [0.2, 0.25) is 0 Å². The maximum atomic E-state index is 6.36. The minimum atomic E-state index is 0.912. The largest absolute Gasteiger partial charge is 0.455 e. The van der Waals surface area contributed by atoms with Gasteiger partial charge in [-0.1, -0.05) is 194 Å². The molecule has 0 amide bonds. The van der Waals surface area contributed by atoms with E-state index >= 15 is 0 Å². The number of rotatable bonds is 8. The van der Waals surface area contributed by atoms with Crippen LogP contribution in [0.4, 0.5) is 17.1 Å². The van der Waals surface area contributed by atoms with Gasteiger partial charge in [-0.05, 0) is 105 Å². The van der Waals surface area contributed by atoms with Crippen LogP contribution in [-0.2, 0) is 0 Å². The molecule has 2 heterocycles. The predicted octanol–water partition coefficient (Wildman–Crippen LogP) is 18.0. The molecule has 13 rings (SSSR count). The lowest BCUT2D eigenvalue weighted by atomic mass is 9.98. The van der Waals surface area contributed by atoms with Crippen LogP contribution in [0.25, 0.3) is 105 Å². The Morgan fingerprint density at radius 1 is 0.299 bits per heavy atom. The van der Waals surface area contributed by atoms with Gasteiger partial charge in [-0.15, -0.1) is 0 Å². The topological polar surface area (TPSA) is 21.3 Å². The molecule has 2 aromatic heterocycles. The lowest BCUT2D eigenvalue weighted by Crippen LogP contribution is -2.09. The van der Waals surface area contributed by atoms with E-state index in [1.165, 1.54) is 60.5 Å². The van der Waals surface area contributed by atoms with Crippen molar-refractivity contribution in [2.24, 2.45) is 0 Å². The second kappa shape index (κ2) is 16.0. The third kappa shape index (κ3) is 6.67. The van der Waals surface area contributed by atoms with E-state index in [0.29, 0.717) is 0 Å². The van der Waals surface area contributed by atoms with E-state index in [-0.39, 0.29) is 0 Å². The van der Waals surface area contributed by atoms with Gasteiger partial charge in [0.15, 0.2) is 0 Å². The van der Waals surface area contributed by atoms with Crippen molar-refractivity contribution in [1.82, 2.24) is 4.57 Å². The van der Waals surface area contributed by atoms with Crippen LogP contribution >= 0.6 is 0 Å². The van der Waals surface area contributed by atoms with Crippen LogP contribution in [-0.4, -0.2) is 4.57 Å². The molecule has 0 aliphatic heterocycles. The molecule has 0 unspecified atom stereocenters. The van der Waals surface area contributed by atoms with Gasteiger partial charge in [0, 0.05) is 49.7 Å². The predicted molar refractivity (Wildman–Crippen MR) is 282 cm³/mol. The van der Waals surface area contributed by atoms with Crippen molar-refractivity contribution in [3.05, 3.63) is 255 Å². The van der Waals surface area contributed by atoms with Crippen LogP contribution in [0.5, 0.6) is 0 Å². The minimum Gasteiger partial charge on any atom is -0.455 e. The minimum absolute atomic E-state index is 0.912. The summed E-state index contributed by atoms with van der Waals surface area (Å²) < 4.78 is 8.77. The average Bonchev–Trinajstić information content (AvgIpc) is 3.95. The molecular formula is C64H42N2O. The van der Waals surface area contributed by atoms with Gasteiger partial charge in [-0.3, -0.25) is 0 Å². The van der Waals surface area contributed by atoms with Gasteiger partial charge in [-0.25, -0.2) is 0 Å². The monoisotopic (exact) mass is 854 g/mol. The Kier molecular flexibility index (Phi) is 9.17. The molecule has 0 aliphatic carbocycles. The molecule has 0 radical (unpaired) electrons. The number of furan rings is 1. The van der Waals surface area contributed by atoms with Crippen LogP contribution in [0.2, 0.25) is 0 Å². The first-order valence-corrected chi connectivity index (χ1v) is 22.9. The molecule has 67 heavy (non-hydrogen) atoms. The lowest BCUT2D eigenvalue weighted by Gasteiger charge is -2.26. The standard InChI is InChI=1S/C64H42N2O/c1-2-13-50-42-53(41-36-43(50)12-1)65(52-39-34-47(35-40-52)45-26-30-49(31-27-45)55-18-11-19-59-58-17-6-10-23-63(58)67-64(55)59)51-37-32-46(33-38-51)44-24-28-48(29-25-44)54-14-3-7-20-60(54)66-61-21-8-4-15-56(61)57-16-5-9-22-62(57)66/h1-42H. The highest BCUT2D eigenvalue weighted by Gasteiger charge is 2.18. The van der Waals surface area contributed by atoms with Gasteiger partial charge in [0.25, 0.3) is 0 Å². The maximum Gasteiger partial charge on any atom is 0.143 e. The first-order chi connectivity index (χ1) is 33.2. The number of hydrogen-bond donors (Lipinski definition) is 0. The van der Waals surface area contributed by atoms with Crippen LogP contribution < -0.4 is 4.90 Å². The molecule has 0 spiro atoms. The van der Waals surface area contributed by atoms with Crippen LogP contribution in [0.15, 0.2) is 259 Å². The first-order valence-electron chi connectivity index (χ1n) is 22.9. The molecule has 314 valence electrons. The molecule has 3 heteroatoms. The average molecular weight is 855 g/mol. The van der Waals surface area contributed by atoms with Crippen LogP contribution in [0.1, 0.15) is 0 Å². The number of anilines is 3. The maximum absolute atomic E-state index is 6.36. The van der Waals surface area contributed by atoms with Gasteiger partial charge in [0.05, 0.1) is 16.7 Å². The molecule has 13 aromatic rings. The van der Waals surface area contributed by atoms with Crippen molar-refractivity contribution >= 4 is 71.6 Å². The number of para-hydroxylation sites is 5. The van der Waals surface area contributed by atoms with Crippen molar-refractivity contribution in [3.63, 3.8) is 0 Å². The van der Waals surface area contributed by atoms with Gasteiger partial charge >= 0.3 is 0 Å². The number of nitrogens with zero attached hydrogens (tertiary/aromatic N) is 2. The Hall–Kier alpha value is -8.92. The SMILES string of the molecule is c1ccc(-n2c3ccccc3c3ccccc32)c(-c2ccc(-c3ccc(N(c4ccc(-c5ccc(-c6cccc7c6oc6ccccc67)cc5)cc4)c4ccc5ccccc5c4)cc3)cc2)c1. The van der Waals surface area contributed by atoms with E-state index in [2.05, 4.69) is 252 Å². The van der Waals surface area contributed by atoms with E-state index in [4.69, 9.17) is 4.42 Å². The smallest absolute Gasteiger partial charge is 0.143 e. The normalized spacial score (nSPS) is 11.6. The Morgan fingerprint density at radius 3 is 1.39 bits per heavy atom. The summed E-state index contributed by atoms with van der Waals surface area (Å²) in [6.07, 6.45) is 0. The number of fused-ring (bicyclic) bond motifs is 7. The molecule has 11 aromatic carbocycles. The summed E-state index contributed by atoms with van der Waals surface area (Å²) in [7, 11) is 0. The highest BCUT2D eigenvalue weighted by Crippen LogP contribution is 2.41. The Balaban J connectivity index is 0.809. The van der Waals surface area contributed by atoms with Crippen molar-refractivity contribution in [3.8, 4) is 50.2 Å². The van der Waals surface area contributed by atoms with E-state index < -0.39 is 0 Å². The molecule has 0 aliphatic rings. The summed E-state index contributed by atoms with van der Waals surface area (Å²) in [6, 6.07) is 91.8. The Bertz CT molecular complexity index is 3900. The summed E-state index contributed by atoms with van der Waals surface area (Å²) in [5.74, 6) is 0. The molecule has 3 nitrogen and oxygen atoms in total. The van der Waals surface area contributed by atoms with Crippen LogP contribution in [0, 0.1) is 0 Å². The molecule has 0 fully saturated rings. The summed E-state index contributed by atoms with van der Waals surface area (Å²) in [5.41, 5.74) is 18.0.